The van der Waals surface area contributed by atoms with Gasteiger partial charge in [0.15, 0.2) is 0 Å². The summed E-state index contributed by atoms with van der Waals surface area (Å²) in [5.41, 5.74) is 1.64. The molecule has 2 aromatic carbocycles. The average molecular weight is 452 g/mol. The van der Waals surface area contributed by atoms with Gasteiger partial charge in [-0.3, -0.25) is 14.4 Å². The number of para-hydroxylation sites is 1. The number of amides is 3. The van der Waals surface area contributed by atoms with Gasteiger partial charge in [0, 0.05) is 26.2 Å². The Morgan fingerprint density at radius 3 is 2.25 bits per heavy atom. The van der Waals surface area contributed by atoms with E-state index >= 15 is 0 Å². The van der Waals surface area contributed by atoms with Crippen LogP contribution in [-0.2, 0) is 11.2 Å². The Kier molecular flexibility index (Phi) is 6.61. The van der Waals surface area contributed by atoms with E-state index in [-0.39, 0.29) is 30.0 Å². The molecule has 1 N–H and O–H groups in total. The Bertz CT molecular complexity index is 1110. The van der Waals surface area contributed by atoms with Crippen LogP contribution in [0.2, 0.25) is 0 Å². The first-order chi connectivity index (χ1) is 15.5. The Balaban J connectivity index is 1.37. The number of benzene rings is 2. The molecule has 0 bridgehead atoms. The van der Waals surface area contributed by atoms with Crippen molar-refractivity contribution in [3.05, 3.63) is 87.9 Å². The fourth-order valence-electron chi connectivity index (χ4n) is 3.59. The summed E-state index contributed by atoms with van der Waals surface area (Å²) in [6.07, 6.45) is 0.200. The number of thiophene rings is 1. The number of hydrogen-bond acceptors (Lipinski definition) is 4. The van der Waals surface area contributed by atoms with Crippen LogP contribution in [0.3, 0.4) is 0 Å². The third-order valence-electron chi connectivity index (χ3n) is 5.34. The van der Waals surface area contributed by atoms with Crippen LogP contribution in [0.4, 0.5) is 10.1 Å². The maximum absolute atomic E-state index is 13.1. The number of hydrogen-bond donors (Lipinski definition) is 1. The number of rotatable bonds is 5. The molecule has 0 spiro atoms. The monoisotopic (exact) mass is 451 g/mol. The summed E-state index contributed by atoms with van der Waals surface area (Å²) in [6.45, 7) is 1.66. The summed E-state index contributed by atoms with van der Waals surface area (Å²) in [4.78, 5) is 42.1. The van der Waals surface area contributed by atoms with Crippen molar-refractivity contribution >= 4 is 34.7 Å². The molecule has 0 saturated carbocycles. The summed E-state index contributed by atoms with van der Waals surface area (Å²) in [5, 5.41) is 4.65. The molecule has 1 aromatic heterocycles. The van der Waals surface area contributed by atoms with E-state index in [1.165, 1.54) is 23.5 Å². The summed E-state index contributed by atoms with van der Waals surface area (Å²) < 4.78 is 13.1. The molecule has 32 heavy (non-hydrogen) atoms. The van der Waals surface area contributed by atoms with Crippen molar-refractivity contribution in [3.63, 3.8) is 0 Å². The van der Waals surface area contributed by atoms with E-state index in [0.29, 0.717) is 42.3 Å². The van der Waals surface area contributed by atoms with Crippen molar-refractivity contribution in [1.29, 1.82) is 0 Å². The third kappa shape index (κ3) is 5.03. The first-order valence-electron chi connectivity index (χ1n) is 10.3. The van der Waals surface area contributed by atoms with Crippen LogP contribution in [0.25, 0.3) is 0 Å². The number of halogens is 1. The summed E-state index contributed by atoms with van der Waals surface area (Å²) in [6, 6.07) is 16.4. The van der Waals surface area contributed by atoms with Crippen LogP contribution in [0.1, 0.15) is 25.6 Å². The van der Waals surface area contributed by atoms with E-state index in [9.17, 15) is 18.8 Å². The van der Waals surface area contributed by atoms with Gasteiger partial charge in [-0.25, -0.2) is 4.39 Å². The highest BCUT2D eigenvalue weighted by atomic mass is 32.1. The number of nitrogens with zero attached hydrogens (tertiary/aromatic N) is 2. The van der Waals surface area contributed by atoms with E-state index in [1.54, 1.807) is 58.3 Å². The topological polar surface area (TPSA) is 69.7 Å². The van der Waals surface area contributed by atoms with Crippen molar-refractivity contribution in [3.8, 4) is 0 Å². The fourth-order valence-corrected chi connectivity index (χ4v) is 4.21. The number of carbonyl (C=O) groups is 3. The predicted molar refractivity (Wildman–Crippen MR) is 121 cm³/mol. The maximum atomic E-state index is 13.1. The van der Waals surface area contributed by atoms with Gasteiger partial charge < -0.3 is 15.1 Å². The number of nitrogens with one attached hydrogen (secondary N) is 1. The molecule has 3 aromatic rings. The van der Waals surface area contributed by atoms with E-state index in [2.05, 4.69) is 5.32 Å². The van der Waals surface area contributed by atoms with Gasteiger partial charge in [-0.1, -0.05) is 30.3 Å². The predicted octanol–water partition coefficient (Wildman–Crippen LogP) is 3.67. The SMILES string of the molecule is O=C(Nc1ccccc1C(=O)N1CCN(C(=O)Cc2ccc(F)cc2)CC1)c1cccs1. The average Bonchev–Trinajstić information content (AvgIpc) is 3.36. The lowest BCUT2D eigenvalue weighted by Crippen LogP contribution is -2.51. The molecule has 1 aliphatic rings. The van der Waals surface area contributed by atoms with Crippen LogP contribution in [-0.4, -0.2) is 53.7 Å². The highest BCUT2D eigenvalue weighted by Crippen LogP contribution is 2.20. The molecule has 8 heteroatoms. The first kappa shape index (κ1) is 21.7. The maximum Gasteiger partial charge on any atom is 0.265 e. The lowest BCUT2D eigenvalue weighted by Gasteiger charge is -2.35. The van der Waals surface area contributed by atoms with Gasteiger partial charge in [0.25, 0.3) is 11.8 Å². The standard InChI is InChI=1S/C24H22FN3O3S/c25-18-9-7-17(8-10-18)16-22(29)27-11-13-28(14-12-27)24(31)19-4-1-2-5-20(19)26-23(30)21-6-3-15-32-21/h1-10,15H,11-14,16H2,(H,26,30). The zero-order valence-electron chi connectivity index (χ0n) is 17.3. The lowest BCUT2D eigenvalue weighted by molar-refractivity contribution is -0.131. The first-order valence-corrected chi connectivity index (χ1v) is 11.1. The molecule has 6 nitrogen and oxygen atoms in total. The minimum atomic E-state index is -0.333. The summed E-state index contributed by atoms with van der Waals surface area (Å²) in [5.74, 6) is -0.818. The molecule has 1 fully saturated rings. The molecule has 0 aliphatic carbocycles. The molecule has 1 aliphatic heterocycles. The number of anilines is 1. The molecule has 2 heterocycles. The van der Waals surface area contributed by atoms with Crippen molar-refractivity contribution in [2.45, 2.75) is 6.42 Å². The highest BCUT2D eigenvalue weighted by Gasteiger charge is 2.26. The van der Waals surface area contributed by atoms with Crippen LogP contribution in [0.15, 0.2) is 66.0 Å². The van der Waals surface area contributed by atoms with Gasteiger partial charge in [-0.05, 0) is 41.3 Å². The molecular formula is C24H22FN3O3S. The number of carbonyl (C=O) groups excluding carboxylic acids is 3. The fraction of sp³-hybridized carbons (Fsp3) is 0.208. The Labute approximate surface area is 189 Å². The van der Waals surface area contributed by atoms with Gasteiger partial charge >= 0.3 is 0 Å². The normalized spacial score (nSPS) is 13.7. The van der Waals surface area contributed by atoms with Crippen molar-refractivity contribution in [2.24, 2.45) is 0 Å². The zero-order chi connectivity index (χ0) is 22.5. The summed E-state index contributed by atoms with van der Waals surface area (Å²) >= 11 is 1.33. The smallest absolute Gasteiger partial charge is 0.265 e. The van der Waals surface area contributed by atoms with Gasteiger partial charge in [-0.15, -0.1) is 11.3 Å². The van der Waals surface area contributed by atoms with Gasteiger partial charge in [0.2, 0.25) is 5.91 Å². The van der Waals surface area contributed by atoms with E-state index in [0.717, 1.165) is 5.56 Å². The van der Waals surface area contributed by atoms with Crippen LogP contribution in [0.5, 0.6) is 0 Å². The lowest BCUT2D eigenvalue weighted by atomic mass is 10.1. The van der Waals surface area contributed by atoms with E-state index in [4.69, 9.17) is 0 Å². The van der Waals surface area contributed by atoms with Crippen LogP contribution < -0.4 is 5.32 Å². The largest absolute Gasteiger partial charge is 0.339 e. The second kappa shape index (κ2) is 9.74. The highest BCUT2D eigenvalue weighted by molar-refractivity contribution is 7.12. The number of piperazine rings is 1. The molecular weight excluding hydrogens is 429 g/mol. The molecule has 164 valence electrons. The van der Waals surface area contributed by atoms with Crippen molar-refractivity contribution in [1.82, 2.24) is 9.80 Å². The second-order valence-corrected chi connectivity index (χ2v) is 8.40. The molecule has 0 radical (unpaired) electrons. The van der Waals surface area contributed by atoms with Gasteiger partial charge in [-0.2, -0.15) is 0 Å². The molecule has 1 saturated heterocycles. The minimum Gasteiger partial charge on any atom is -0.339 e. The van der Waals surface area contributed by atoms with Crippen molar-refractivity contribution < 1.29 is 18.8 Å². The molecule has 3 amide bonds. The van der Waals surface area contributed by atoms with Crippen molar-refractivity contribution in [2.75, 3.05) is 31.5 Å². The Hall–Kier alpha value is -3.52. The van der Waals surface area contributed by atoms with E-state index < -0.39 is 0 Å². The Morgan fingerprint density at radius 2 is 1.56 bits per heavy atom. The Morgan fingerprint density at radius 1 is 0.875 bits per heavy atom. The van der Waals surface area contributed by atoms with E-state index in [1.807, 2.05) is 5.38 Å². The van der Waals surface area contributed by atoms with Gasteiger partial charge in [0.1, 0.15) is 5.82 Å². The van der Waals surface area contributed by atoms with Crippen LogP contribution >= 0.6 is 11.3 Å². The molecule has 0 unspecified atom stereocenters. The van der Waals surface area contributed by atoms with Gasteiger partial charge in [0.05, 0.1) is 22.5 Å². The third-order valence-corrected chi connectivity index (χ3v) is 6.21. The molecule has 4 rings (SSSR count). The minimum absolute atomic E-state index is 0.0488. The second-order valence-electron chi connectivity index (χ2n) is 7.45. The molecule has 0 atom stereocenters. The quantitative estimate of drug-likeness (QED) is 0.644. The van der Waals surface area contributed by atoms with Crippen LogP contribution in [0, 0.1) is 5.82 Å². The summed E-state index contributed by atoms with van der Waals surface area (Å²) in [7, 11) is 0. The zero-order valence-corrected chi connectivity index (χ0v) is 18.1.